The Morgan fingerprint density at radius 2 is 1.09 bits per heavy atom. The monoisotopic (exact) mass is 791 g/mol. The van der Waals surface area contributed by atoms with Gasteiger partial charge in [-0.3, -0.25) is 13.8 Å². The first-order valence-electron chi connectivity index (χ1n) is 20.5. The highest BCUT2D eigenvalue weighted by molar-refractivity contribution is 7.47. The summed E-state index contributed by atoms with van der Waals surface area (Å²) >= 11 is 0. The van der Waals surface area contributed by atoms with Gasteiger partial charge in [0, 0.05) is 0 Å². The highest BCUT2D eigenvalue weighted by Crippen LogP contribution is 2.47. The molecular formula is C40H74NO12P. The zero-order chi connectivity index (χ0) is 40.2. The summed E-state index contributed by atoms with van der Waals surface area (Å²) in [6.45, 7) is 3.63. The van der Waals surface area contributed by atoms with Crippen LogP contribution in [0.15, 0.2) is 36.5 Å². The number of aliphatic hydroxyl groups excluding tert-OH is 7. The van der Waals surface area contributed by atoms with Crippen molar-refractivity contribution in [3.8, 4) is 0 Å². The molecule has 9 N–H and O–H groups in total. The van der Waals surface area contributed by atoms with Crippen molar-refractivity contribution in [3.05, 3.63) is 36.5 Å². The minimum atomic E-state index is -5.14. The summed E-state index contributed by atoms with van der Waals surface area (Å²) in [7, 11) is -5.14. The molecule has 0 spiro atoms. The smallest absolute Gasteiger partial charge is 0.393 e. The number of carbonyl (C=O) groups is 1. The van der Waals surface area contributed by atoms with Gasteiger partial charge in [0.05, 0.1) is 31.3 Å². The van der Waals surface area contributed by atoms with E-state index >= 15 is 0 Å². The van der Waals surface area contributed by atoms with E-state index in [9.17, 15) is 50.0 Å². The number of hydrogen-bond donors (Lipinski definition) is 9. The van der Waals surface area contributed by atoms with E-state index in [0.717, 1.165) is 44.9 Å². The molecule has 1 amide bonds. The maximum absolute atomic E-state index is 12.9. The van der Waals surface area contributed by atoms with Crippen molar-refractivity contribution in [2.45, 2.75) is 204 Å². The van der Waals surface area contributed by atoms with Crippen LogP contribution < -0.4 is 5.32 Å². The third kappa shape index (κ3) is 22.9. The Morgan fingerprint density at radius 1 is 0.648 bits per heavy atom. The number of unbranched alkanes of at least 4 members (excludes halogenated alkanes) is 15. The van der Waals surface area contributed by atoms with Crippen LogP contribution in [0.1, 0.15) is 149 Å². The first-order chi connectivity index (χ1) is 25.8. The van der Waals surface area contributed by atoms with Crippen molar-refractivity contribution >= 4 is 13.7 Å². The fraction of sp³-hybridized carbons (Fsp3) is 0.825. The molecule has 0 aromatic carbocycles. The summed E-state index contributed by atoms with van der Waals surface area (Å²) in [4.78, 5) is 23.3. The second kappa shape index (κ2) is 30.6. The normalized spacial score (nSPS) is 25.0. The van der Waals surface area contributed by atoms with Crippen molar-refractivity contribution in [2.75, 3.05) is 6.61 Å². The molecule has 13 nitrogen and oxygen atoms in total. The predicted octanol–water partition coefficient (Wildman–Crippen LogP) is 5.41. The van der Waals surface area contributed by atoms with E-state index in [4.69, 9.17) is 9.05 Å². The molecule has 54 heavy (non-hydrogen) atoms. The minimum absolute atomic E-state index is 0.255. The topological polar surface area (TPSA) is 226 Å². The summed E-state index contributed by atoms with van der Waals surface area (Å²) in [6, 6.07) is -1.26. The molecule has 0 heterocycles. The molecule has 0 aliphatic heterocycles. The summed E-state index contributed by atoms with van der Waals surface area (Å²) in [6.07, 6.45) is 18.3. The molecule has 0 bridgehead atoms. The van der Waals surface area contributed by atoms with E-state index in [1.54, 1.807) is 6.08 Å². The van der Waals surface area contributed by atoms with Gasteiger partial charge in [-0.15, -0.1) is 0 Å². The largest absolute Gasteiger partial charge is 0.472 e. The van der Waals surface area contributed by atoms with E-state index in [0.29, 0.717) is 19.3 Å². The Labute approximate surface area is 324 Å². The molecule has 0 aromatic rings. The summed E-state index contributed by atoms with van der Waals surface area (Å²) in [5.74, 6) is -0.610. The van der Waals surface area contributed by atoms with Crippen LogP contribution in [0.25, 0.3) is 0 Å². The molecule has 1 aliphatic rings. The Morgan fingerprint density at radius 3 is 1.61 bits per heavy atom. The second-order valence-corrected chi connectivity index (χ2v) is 16.1. The number of nitrogens with one attached hydrogen (secondary N) is 1. The number of amides is 1. The van der Waals surface area contributed by atoms with Crippen LogP contribution in [-0.2, 0) is 18.4 Å². The Balaban J connectivity index is 2.66. The highest BCUT2D eigenvalue weighted by atomic mass is 31.2. The molecule has 0 aromatic heterocycles. The van der Waals surface area contributed by atoms with Crippen molar-refractivity contribution < 1.29 is 59.0 Å². The number of allylic oxidation sites excluding steroid dienone is 5. The predicted molar refractivity (Wildman–Crippen MR) is 210 cm³/mol. The van der Waals surface area contributed by atoms with Crippen LogP contribution in [0.4, 0.5) is 0 Å². The van der Waals surface area contributed by atoms with Crippen molar-refractivity contribution in [3.63, 3.8) is 0 Å². The number of hydrogen-bond acceptors (Lipinski definition) is 11. The molecule has 1 fully saturated rings. The lowest BCUT2D eigenvalue weighted by Crippen LogP contribution is -2.64. The number of phosphoric ester groups is 1. The third-order valence-electron chi connectivity index (χ3n) is 9.71. The standard InChI is InChI=1S/C40H74NO12P/c1-3-5-7-9-11-13-15-17-19-21-23-25-27-31(42)29-34(44)41-32(33(43)28-26-24-22-20-18-16-14-12-10-8-6-4-2)30-52-54(50,51)53-40-38(48)36(46)35(45)37(47)39(40)49/h10,12,18,20,26,28,31-33,35-40,42-43,45-49H,3-9,11,13-17,19,21-25,27,29-30H2,1-2H3,(H,41,44)(H,50,51)/b12-10+,20-18+,28-26+. The maximum Gasteiger partial charge on any atom is 0.472 e. The van der Waals surface area contributed by atoms with Gasteiger partial charge in [0.25, 0.3) is 0 Å². The fourth-order valence-electron chi connectivity index (χ4n) is 6.26. The van der Waals surface area contributed by atoms with E-state index in [1.165, 1.54) is 70.3 Å². The fourth-order valence-corrected chi connectivity index (χ4v) is 7.22. The van der Waals surface area contributed by atoms with Gasteiger partial charge >= 0.3 is 7.82 Å². The molecule has 1 rings (SSSR count). The molecule has 0 saturated heterocycles. The minimum Gasteiger partial charge on any atom is -0.393 e. The molecule has 14 heteroatoms. The summed E-state index contributed by atoms with van der Waals surface area (Å²) in [5, 5.41) is 74.1. The Bertz CT molecular complexity index is 1080. The van der Waals surface area contributed by atoms with E-state index in [-0.39, 0.29) is 6.42 Å². The van der Waals surface area contributed by atoms with Gasteiger partial charge in [0.1, 0.15) is 36.6 Å². The lowest BCUT2D eigenvalue weighted by Gasteiger charge is -2.41. The summed E-state index contributed by atoms with van der Waals surface area (Å²) in [5.41, 5.74) is 0. The first kappa shape index (κ1) is 50.5. The Kier molecular flexibility index (Phi) is 28.7. The van der Waals surface area contributed by atoms with Gasteiger partial charge in [-0.25, -0.2) is 4.57 Å². The molecule has 316 valence electrons. The average molecular weight is 792 g/mol. The van der Waals surface area contributed by atoms with Gasteiger partial charge in [0.2, 0.25) is 5.91 Å². The zero-order valence-electron chi connectivity index (χ0n) is 32.9. The maximum atomic E-state index is 12.9. The van der Waals surface area contributed by atoms with Crippen LogP contribution in [-0.4, -0.2) is 108 Å². The van der Waals surface area contributed by atoms with Gasteiger partial charge in [-0.1, -0.05) is 140 Å². The van der Waals surface area contributed by atoms with Crippen LogP contribution in [0.2, 0.25) is 0 Å². The van der Waals surface area contributed by atoms with Crippen molar-refractivity contribution in [1.82, 2.24) is 5.32 Å². The van der Waals surface area contributed by atoms with E-state index < -0.39 is 75.2 Å². The molecule has 1 saturated carbocycles. The average Bonchev–Trinajstić information content (AvgIpc) is 3.14. The number of carbonyl (C=O) groups excluding carboxylic acids is 1. The SMILES string of the molecule is CCCC/C=C/CC/C=C/CC/C=C/C(O)C(COP(=O)(O)OC1C(O)C(O)C(O)C(O)C1O)NC(=O)CC(O)CCCCCCCCCCCCCC. The molecule has 8 atom stereocenters. The van der Waals surface area contributed by atoms with Crippen molar-refractivity contribution in [2.24, 2.45) is 0 Å². The van der Waals surface area contributed by atoms with Crippen LogP contribution in [0.5, 0.6) is 0 Å². The zero-order valence-corrected chi connectivity index (χ0v) is 33.8. The van der Waals surface area contributed by atoms with E-state index in [1.807, 2.05) is 6.08 Å². The molecule has 8 unspecified atom stereocenters. The lowest BCUT2D eigenvalue weighted by atomic mass is 9.85. The molecule has 0 radical (unpaired) electrons. The Hall–Kier alpha value is -1.48. The number of aliphatic hydroxyl groups is 7. The van der Waals surface area contributed by atoms with Gasteiger partial charge in [0.15, 0.2) is 0 Å². The van der Waals surface area contributed by atoms with Crippen LogP contribution in [0.3, 0.4) is 0 Å². The molecule has 1 aliphatic carbocycles. The number of rotatable bonds is 32. The first-order valence-corrected chi connectivity index (χ1v) is 22.0. The van der Waals surface area contributed by atoms with E-state index in [2.05, 4.69) is 37.4 Å². The quantitative estimate of drug-likeness (QED) is 0.0237. The number of phosphoric acid groups is 1. The highest BCUT2D eigenvalue weighted by Gasteiger charge is 2.51. The van der Waals surface area contributed by atoms with Crippen LogP contribution in [0, 0.1) is 0 Å². The van der Waals surface area contributed by atoms with Gasteiger partial charge in [-0.2, -0.15) is 0 Å². The van der Waals surface area contributed by atoms with Crippen LogP contribution >= 0.6 is 7.82 Å². The lowest BCUT2D eigenvalue weighted by molar-refractivity contribution is -0.220. The summed E-state index contributed by atoms with van der Waals surface area (Å²) < 4.78 is 22.7. The van der Waals surface area contributed by atoms with Crippen molar-refractivity contribution in [1.29, 1.82) is 0 Å². The second-order valence-electron chi connectivity index (χ2n) is 14.7. The molecular weight excluding hydrogens is 717 g/mol. The van der Waals surface area contributed by atoms with Gasteiger partial charge in [-0.05, 0) is 38.5 Å². The van der Waals surface area contributed by atoms with Gasteiger partial charge < -0.3 is 46.0 Å². The third-order valence-corrected chi connectivity index (χ3v) is 10.7.